The molecule has 0 amide bonds. The number of nitrogens with zero attached hydrogens (tertiary/aromatic N) is 1. The summed E-state index contributed by atoms with van der Waals surface area (Å²) in [5.74, 6) is -0.0146. The van der Waals surface area contributed by atoms with Gasteiger partial charge in [-0.05, 0) is 13.0 Å². The number of benzene rings is 1. The normalized spacial score (nSPS) is 13.9. The highest BCUT2D eigenvalue weighted by atomic mass is 35.5. The highest BCUT2D eigenvalue weighted by molar-refractivity contribution is 6.31. The lowest BCUT2D eigenvalue weighted by Gasteiger charge is -2.19. The number of rotatable bonds is 6. The molecule has 1 aromatic rings. The predicted molar refractivity (Wildman–Crippen MR) is 69.3 cm³/mol. The fourth-order valence-corrected chi connectivity index (χ4v) is 1.89. The van der Waals surface area contributed by atoms with Crippen molar-refractivity contribution in [3.05, 3.63) is 32.8 Å². The maximum Gasteiger partial charge on any atom is 0.311 e. The fourth-order valence-electron chi connectivity index (χ4n) is 1.63. The van der Waals surface area contributed by atoms with Gasteiger partial charge in [-0.25, -0.2) is 0 Å². The van der Waals surface area contributed by atoms with Crippen molar-refractivity contribution in [1.29, 1.82) is 0 Å². The third-order valence-electron chi connectivity index (χ3n) is 2.64. The number of nitro groups is 1. The Balaban J connectivity index is 3.21. The summed E-state index contributed by atoms with van der Waals surface area (Å²) in [6.07, 6.45) is -2.34. The number of nitrogens with two attached hydrogens (primary N) is 1. The van der Waals surface area contributed by atoms with Gasteiger partial charge in [-0.1, -0.05) is 11.6 Å². The first-order valence-electron chi connectivity index (χ1n) is 5.50. The molecule has 0 aliphatic heterocycles. The smallest absolute Gasteiger partial charge is 0.311 e. The first kappa shape index (κ1) is 15.6. The van der Waals surface area contributed by atoms with Crippen molar-refractivity contribution in [2.75, 3.05) is 13.7 Å². The van der Waals surface area contributed by atoms with E-state index in [0.717, 1.165) is 6.07 Å². The average molecular weight is 291 g/mol. The summed E-state index contributed by atoms with van der Waals surface area (Å²) in [5, 5.41) is 30.5. The molecule has 0 radical (unpaired) electrons. The van der Waals surface area contributed by atoms with Crippen molar-refractivity contribution in [1.82, 2.24) is 0 Å². The zero-order chi connectivity index (χ0) is 14.6. The van der Waals surface area contributed by atoms with E-state index in [0.29, 0.717) is 0 Å². The number of hydrogen-bond acceptors (Lipinski definition) is 6. The van der Waals surface area contributed by atoms with Crippen LogP contribution in [0, 0.1) is 10.1 Å². The minimum Gasteiger partial charge on any atom is -0.490 e. The molecule has 19 heavy (non-hydrogen) atoms. The molecule has 0 saturated heterocycles. The Bertz CT molecular complexity index is 469. The van der Waals surface area contributed by atoms with Crippen molar-refractivity contribution < 1.29 is 19.9 Å². The lowest BCUT2D eigenvalue weighted by molar-refractivity contribution is -0.385. The molecule has 0 bridgehead atoms. The maximum absolute atomic E-state index is 10.9. The lowest BCUT2D eigenvalue weighted by Crippen LogP contribution is -2.22. The van der Waals surface area contributed by atoms with Crippen LogP contribution in [0.4, 0.5) is 5.69 Å². The van der Waals surface area contributed by atoms with Crippen LogP contribution in [0.3, 0.4) is 0 Å². The number of methoxy groups -OCH3 is 1. The second-order valence-electron chi connectivity index (χ2n) is 3.89. The molecule has 4 N–H and O–H groups in total. The van der Waals surface area contributed by atoms with Crippen molar-refractivity contribution in [2.24, 2.45) is 5.73 Å². The summed E-state index contributed by atoms with van der Waals surface area (Å²) in [6.45, 7) is 0.175. The summed E-state index contributed by atoms with van der Waals surface area (Å²) >= 11 is 5.92. The van der Waals surface area contributed by atoms with Gasteiger partial charge in [0.2, 0.25) is 0 Å². The Morgan fingerprint density at radius 2 is 2.16 bits per heavy atom. The van der Waals surface area contributed by atoms with Crippen LogP contribution in [-0.4, -0.2) is 34.9 Å². The third-order valence-corrected chi connectivity index (χ3v) is 2.97. The van der Waals surface area contributed by atoms with Gasteiger partial charge in [0, 0.05) is 17.7 Å². The van der Waals surface area contributed by atoms with Crippen LogP contribution in [0.25, 0.3) is 0 Å². The van der Waals surface area contributed by atoms with Gasteiger partial charge in [-0.2, -0.15) is 0 Å². The molecule has 0 aromatic heterocycles. The summed E-state index contributed by atoms with van der Waals surface area (Å²) in [7, 11) is 1.28. The molecule has 106 valence electrons. The Morgan fingerprint density at radius 1 is 1.53 bits per heavy atom. The van der Waals surface area contributed by atoms with E-state index >= 15 is 0 Å². The molecule has 2 unspecified atom stereocenters. The van der Waals surface area contributed by atoms with Gasteiger partial charge in [-0.15, -0.1) is 0 Å². The number of hydrogen-bond donors (Lipinski definition) is 3. The van der Waals surface area contributed by atoms with Crippen molar-refractivity contribution >= 4 is 17.3 Å². The first-order chi connectivity index (χ1) is 8.92. The molecule has 8 heteroatoms. The van der Waals surface area contributed by atoms with Gasteiger partial charge in [0.25, 0.3) is 0 Å². The predicted octanol–water partition coefficient (Wildman–Crippen LogP) is 1.000. The molecule has 0 saturated carbocycles. The van der Waals surface area contributed by atoms with Crippen molar-refractivity contribution in [3.8, 4) is 5.75 Å². The van der Waals surface area contributed by atoms with Gasteiger partial charge >= 0.3 is 5.69 Å². The van der Waals surface area contributed by atoms with Crippen LogP contribution >= 0.6 is 11.6 Å². The minimum absolute atomic E-state index is 0.0146. The second-order valence-corrected chi connectivity index (χ2v) is 4.30. The number of aliphatic hydroxyl groups is 2. The Kier molecular flexibility index (Phi) is 5.49. The van der Waals surface area contributed by atoms with Gasteiger partial charge < -0.3 is 20.7 Å². The van der Waals surface area contributed by atoms with Gasteiger partial charge in [-0.3, -0.25) is 10.1 Å². The van der Waals surface area contributed by atoms with Crippen molar-refractivity contribution in [3.63, 3.8) is 0 Å². The van der Waals surface area contributed by atoms with E-state index in [1.54, 1.807) is 0 Å². The van der Waals surface area contributed by atoms with Gasteiger partial charge in [0.05, 0.1) is 23.2 Å². The molecule has 2 atom stereocenters. The SMILES string of the molecule is COc1cc(Cl)c(C(O)C(O)CCN)cc1[N+](=O)[O-]. The highest BCUT2D eigenvalue weighted by Crippen LogP contribution is 2.36. The largest absolute Gasteiger partial charge is 0.490 e. The monoisotopic (exact) mass is 290 g/mol. The fraction of sp³-hybridized carbons (Fsp3) is 0.455. The standard InChI is InChI=1S/C11H15ClN2O5/c1-19-10-5-7(12)6(4-8(10)14(17)18)11(16)9(15)2-3-13/h4-5,9,11,15-16H,2-3,13H2,1H3. The minimum atomic E-state index is -1.35. The zero-order valence-corrected chi connectivity index (χ0v) is 11.0. The van der Waals surface area contributed by atoms with Crippen LogP contribution in [-0.2, 0) is 0 Å². The Labute approximate surface area is 114 Å². The van der Waals surface area contributed by atoms with E-state index in [9.17, 15) is 20.3 Å². The Morgan fingerprint density at radius 3 is 2.63 bits per heavy atom. The quantitative estimate of drug-likeness (QED) is 0.531. The second kappa shape index (κ2) is 6.67. The van der Waals surface area contributed by atoms with E-state index in [4.69, 9.17) is 22.1 Å². The van der Waals surface area contributed by atoms with E-state index in [2.05, 4.69) is 0 Å². The first-order valence-corrected chi connectivity index (χ1v) is 5.88. The van der Waals surface area contributed by atoms with Crippen LogP contribution in [0.5, 0.6) is 5.75 Å². The third kappa shape index (κ3) is 3.54. The van der Waals surface area contributed by atoms with Crippen LogP contribution < -0.4 is 10.5 Å². The molecule has 1 rings (SSSR count). The van der Waals surface area contributed by atoms with Gasteiger partial charge in [0.15, 0.2) is 5.75 Å². The number of aliphatic hydroxyl groups excluding tert-OH is 2. The number of halogens is 1. The van der Waals surface area contributed by atoms with E-state index in [-0.39, 0.29) is 35.0 Å². The van der Waals surface area contributed by atoms with E-state index < -0.39 is 17.1 Å². The highest BCUT2D eigenvalue weighted by Gasteiger charge is 2.25. The summed E-state index contributed by atoms with van der Waals surface area (Å²) in [4.78, 5) is 10.2. The lowest BCUT2D eigenvalue weighted by atomic mass is 10.0. The van der Waals surface area contributed by atoms with Gasteiger partial charge in [0.1, 0.15) is 6.10 Å². The van der Waals surface area contributed by atoms with E-state index in [1.165, 1.54) is 13.2 Å². The number of ether oxygens (including phenoxy) is 1. The summed E-state index contributed by atoms with van der Waals surface area (Å²) < 4.78 is 4.84. The topological polar surface area (TPSA) is 119 Å². The van der Waals surface area contributed by atoms with Crippen LogP contribution in [0.2, 0.25) is 5.02 Å². The summed E-state index contributed by atoms with van der Waals surface area (Å²) in [5.41, 5.74) is 5.01. The van der Waals surface area contributed by atoms with Crippen LogP contribution in [0.15, 0.2) is 12.1 Å². The maximum atomic E-state index is 10.9. The molecule has 1 aromatic carbocycles. The molecule has 0 aliphatic carbocycles. The van der Waals surface area contributed by atoms with Crippen LogP contribution in [0.1, 0.15) is 18.1 Å². The molecular formula is C11H15ClN2O5. The average Bonchev–Trinajstić information content (AvgIpc) is 2.37. The van der Waals surface area contributed by atoms with Crippen molar-refractivity contribution in [2.45, 2.75) is 18.6 Å². The molecule has 7 nitrogen and oxygen atoms in total. The molecular weight excluding hydrogens is 276 g/mol. The Hall–Kier alpha value is -1.41. The number of nitro benzene ring substituents is 1. The van der Waals surface area contributed by atoms with E-state index in [1.807, 2.05) is 0 Å². The molecule has 0 aliphatic rings. The molecule has 0 fully saturated rings. The summed E-state index contributed by atoms with van der Waals surface area (Å²) in [6, 6.07) is 2.32. The zero-order valence-electron chi connectivity index (χ0n) is 10.2. The molecule has 0 spiro atoms. The molecule has 0 heterocycles.